The molecule has 1 aromatic rings. The van der Waals surface area contributed by atoms with Crippen LogP contribution in [0, 0.1) is 5.95 Å². The van der Waals surface area contributed by atoms with Crippen molar-refractivity contribution in [3.63, 3.8) is 0 Å². The smallest absolute Gasteiger partial charge is 0.278 e. The molecule has 0 saturated heterocycles. The summed E-state index contributed by atoms with van der Waals surface area (Å²) in [7, 11) is 0. The lowest BCUT2D eigenvalue weighted by atomic mass is 10.2. The van der Waals surface area contributed by atoms with E-state index >= 15 is 0 Å². The lowest BCUT2D eigenvalue weighted by Crippen LogP contribution is -2.18. The molecule has 0 radical (unpaired) electrons. The second kappa shape index (κ2) is 3.61. The number of aromatic nitrogens is 1. The van der Waals surface area contributed by atoms with Crippen molar-refractivity contribution in [2.24, 2.45) is 5.73 Å². The summed E-state index contributed by atoms with van der Waals surface area (Å²) in [4.78, 5) is 12.7. The maximum absolute atomic E-state index is 12.5. The zero-order chi connectivity index (χ0) is 10.0. The van der Waals surface area contributed by atoms with Crippen LogP contribution < -0.4 is 11.2 Å². The van der Waals surface area contributed by atoms with Gasteiger partial charge in [0.05, 0.1) is 5.69 Å². The lowest BCUT2D eigenvalue weighted by molar-refractivity contribution is 0.143. The van der Waals surface area contributed by atoms with E-state index in [2.05, 4.69) is 0 Å². The van der Waals surface area contributed by atoms with Crippen molar-refractivity contribution in [3.05, 3.63) is 33.5 Å². The molecule has 3 N–H and O–H groups in total. The maximum Gasteiger partial charge on any atom is 0.278 e. The number of H-pyrrole nitrogens is 1. The number of hydrogen-bond acceptors (Lipinski definition) is 2. The summed E-state index contributed by atoms with van der Waals surface area (Å²) < 4.78 is 36.8. The number of alkyl halides is 2. The van der Waals surface area contributed by atoms with Crippen LogP contribution in [-0.4, -0.2) is 4.98 Å². The third-order valence-corrected chi connectivity index (χ3v) is 1.56. The third kappa shape index (κ3) is 1.89. The standard InChI is InChI=1S/C7H7F3N2O/c8-5-1-4(13)3(2-11)6(12-5)7(9)10/h1,7H,2,11H2,(H,12,13). The minimum absolute atomic E-state index is 0.281. The zero-order valence-electron chi connectivity index (χ0n) is 6.48. The predicted octanol–water partition coefficient (Wildman–Crippen LogP) is 0.910. The molecule has 0 fully saturated rings. The molecule has 3 nitrogen and oxygen atoms in total. The van der Waals surface area contributed by atoms with Gasteiger partial charge in [0.15, 0.2) is 11.4 Å². The molecule has 1 rings (SSSR count). The molecule has 0 unspecified atom stereocenters. The second-order valence-electron chi connectivity index (χ2n) is 2.38. The number of halogens is 3. The first kappa shape index (κ1) is 9.79. The van der Waals surface area contributed by atoms with E-state index in [0.29, 0.717) is 6.07 Å². The molecular weight excluding hydrogens is 185 g/mol. The van der Waals surface area contributed by atoms with E-state index in [4.69, 9.17) is 5.73 Å². The van der Waals surface area contributed by atoms with E-state index in [1.54, 1.807) is 4.98 Å². The topological polar surface area (TPSA) is 58.9 Å². The minimum atomic E-state index is -2.93. The highest BCUT2D eigenvalue weighted by Gasteiger charge is 2.16. The molecule has 0 spiro atoms. The van der Waals surface area contributed by atoms with Gasteiger partial charge in [-0.25, -0.2) is 8.78 Å². The molecular formula is C7H7F3N2O. The monoisotopic (exact) mass is 192 g/mol. The molecule has 0 aliphatic carbocycles. The number of nitrogens with two attached hydrogens (primary N) is 1. The van der Waals surface area contributed by atoms with Crippen molar-refractivity contribution >= 4 is 0 Å². The SMILES string of the molecule is NCc1c(C(F)F)[nH]c(F)cc1=O. The summed E-state index contributed by atoms with van der Waals surface area (Å²) in [5, 5.41) is 0. The fourth-order valence-electron chi connectivity index (χ4n) is 0.972. The lowest BCUT2D eigenvalue weighted by Gasteiger charge is -2.05. The Labute approximate surface area is 71.4 Å². The van der Waals surface area contributed by atoms with Gasteiger partial charge in [-0.1, -0.05) is 0 Å². The molecule has 0 saturated carbocycles. The second-order valence-corrected chi connectivity index (χ2v) is 2.38. The molecule has 0 bridgehead atoms. The Balaban J connectivity index is 3.38. The first-order chi connectivity index (χ1) is 6.06. The summed E-state index contributed by atoms with van der Waals surface area (Å²) in [6.45, 7) is -0.338. The van der Waals surface area contributed by atoms with Crippen molar-refractivity contribution in [3.8, 4) is 0 Å². The number of rotatable bonds is 2. The number of pyridine rings is 1. The van der Waals surface area contributed by atoms with Crippen LogP contribution in [0.1, 0.15) is 17.7 Å². The van der Waals surface area contributed by atoms with Gasteiger partial charge in [-0.3, -0.25) is 4.79 Å². The van der Waals surface area contributed by atoms with Crippen LogP contribution in [0.15, 0.2) is 10.9 Å². The van der Waals surface area contributed by atoms with E-state index in [1.165, 1.54) is 0 Å². The van der Waals surface area contributed by atoms with E-state index in [9.17, 15) is 18.0 Å². The van der Waals surface area contributed by atoms with Crippen molar-refractivity contribution < 1.29 is 13.2 Å². The summed E-state index contributed by atoms with van der Waals surface area (Å²) in [6, 6.07) is 0.591. The number of aromatic amines is 1. The Hall–Kier alpha value is -1.30. The Kier molecular flexibility index (Phi) is 2.72. The molecule has 1 heterocycles. The van der Waals surface area contributed by atoms with Crippen molar-refractivity contribution in [2.45, 2.75) is 13.0 Å². The molecule has 0 aliphatic rings. The fourth-order valence-corrected chi connectivity index (χ4v) is 0.972. The highest BCUT2D eigenvalue weighted by molar-refractivity contribution is 5.21. The van der Waals surface area contributed by atoms with Gasteiger partial charge >= 0.3 is 0 Å². The van der Waals surface area contributed by atoms with Crippen molar-refractivity contribution in [1.29, 1.82) is 0 Å². The van der Waals surface area contributed by atoms with Crippen LogP contribution >= 0.6 is 0 Å². The van der Waals surface area contributed by atoms with Crippen LogP contribution in [0.3, 0.4) is 0 Å². The zero-order valence-corrected chi connectivity index (χ0v) is 6.48. The quantitative estimate of drug-likeness (QED) is 0.684. The fraction of sp³-hybridized carbons (Fsp3) is 0.286. The predicted molar refractivity (Wildman–Crippen MR) is 39.9 cm³/mol. The van der Waals surface area contributed by atoms with Crippen molar-refractivity contribution in [1.82, 2.24) is 4.98 Å². The van der Waals surface area contributed by atoms with Gasteiger partial charge in [0.1, 0.15) is 0 Å². The molecule has 0 aliphatic heterocycles. The van der Waals surface area contributed by atoms with Gasteiger partial charge in [-0.05, 0) is 0 Å². The third-order valence-electron chi connectivity index (χ3n) is 1.56. The normalized spacial score (nSPS) is 10.8. The average molecular weight is 192 g/mol. The molecule has 1 aromatic heterocycles. The molecule has 0 aromatic carbocycles. The number of hydrogen-bond donors (Lipinski definition) is 2. The van der Waals surface area contributed by atoms with Crippen LogP contribution in [0.4, 0.5) is 13.2 Å². The Morgan fingerprint density at radius 1 is 1.54 bits per heavy atom. The van der Waals surface area contributed by atoms with Crippen LogP contribution in [0.25, 0.3) is 0 Å². The van der Waals surface area contributed by atoms with Gasteiger partial charge in [0, 0.05) is 18.2 Å². The molecule has 6 heteroatoms. The summed E-state index contributed by atoms with van der Waals surface area (Å²) in [5.41, 5.74) is 3.23. The first-order valence-electron chi connectivity index (χ1n) is 3.46. The van der Waals surface area contributed by atoms with E-state index in [0.717, 1.165) is 0 Å². The largest absolute Gasteiger partial charge is 0.330 e. The Morgan fingerprint density at radius 3 is 2.62 bits per heavy atom. The van der Waals surface area contributed by atoms with Gasteiger partial charge in [0.2, 0.25) is 0 Å². The average Bonchev–Trinajstić information content (AvgIpc) is 2.02. The summed E-state index contributed by atoms with van der Waals surface area (Å²) >= 11 is 0. The Morgan fingerprint density at radius 2 is 2.15 bits per heavy atom. The van der Waals surface area contributed by atoms with Crippen LogP contribution in [0.2, 0.25) is 0 Å². The van der Waals surface area contributed by atoms with Crippen LogP contribution in [-0.2, 0) is 6.54 Å². The molecule has 0 amide bonds. The van der Waals surface area contributed by atoms with E-state index < -0.39 is 23.5 Å². The minimum Gasteiger partial charge on any atom is -0.330 e. The molecule has 13 heavy (non-hydrogen) atoms. The van der Waals surface area contributed by atoms with Gasteiger partial charge in [-0.2, -0.15) is 4.39 Å². The first-order valence-corrected chi connectivity index (χ1v) is 3.46. The van der Waals surface area contributed by atoms with Gasteiger partial charge < -0.3 is 10.7 Å². The highest BCUT2D eigenvalue weighted by Crippen LogP contribution is 2.18. The van der Waals surface area contributed by atoms with E-state index in [-0.39, 0.29) is 12.1 Å². The van der Waals surface area contributed by atoms with Crippen molar-refractivity contribution in [2.75, 3.05) is 0 Å². The highest BCUT2D eigenvalue weighted by atomic mass is 19.3. The summed E-state index contributed by atoms with van der Waals surface area (Å²) in [5.74, 6) is -1.09. The Bertz CT molecular complexity index is 361. The maximum atomic E-state index is 12.5. The summed E-state index contributed by atoms with van der Waals surface area (Å²) in [6.07, 6.45) is -2.93. The van der Waals surface area contributed by atoms with Gasteiger partial charge in [-0.15, -0.1) is 0 Å². The van der Waals surface area contributed by atoms with Gasteiger partial charge in [0.25, 0.3) is 6.43 Å². The van der Waals surface area contributed by atoms with E-state index in [1.807, 2.05) is 0 Å². The molecule has 72 valence electrons. The number of nitrogens with one attached hydrogen (secondary N) is 1. The van der Waals surface area contributed by atoms with Crippen LogP contribution in [0.5, 0.6) is 0 Å². The molecule has 0 atom stereocenters.